The first kappa shape index (κ1) is 13.3. The predicted molar refractivity (Wildman–Crippen MR) is 78.0 cm³/mol. The first-order chi connectivity index (χ1) is 10.1. The zero-order chi connectivity index (χ0) is 15.0. The van der Waals surface area contributed by atoms with E-state index >= 15 is 0 Å². The van der Waals surface area contributed by atoms with Gasteiger partial charge in [0.05, 0.1) is 16.3 Å². The Hall–Kier alpha value is -2.67. The summed E-state index contributed by atoms with van der Waals surface area (Å²) in [6.07, 6.45) is 0. The number of para-hydroxylation sites is 2. The van der Waals surface area contributed by atoms with Crippen LogP contribution >= 0.6 is 11.3 Å². The van der Waals surface area contributed by atoms with Crippen LogP contribution in [0.5, 0.6) is 0 Å². The summed E-state index contributed by atoms with van der Waals surface area (Å²) in [7, 11) is 0. The molecule has 1 aliphatic rings. The molecular formula is C14H10N2O4S. The van der Waals surface area contributed by atoms with Gasteiger partial charge in [-0.05, 0) is 24.3 Å². The van der Waals surface area contributed by atoms with Crippen LogP contribution in [0.3, 0.4) is 0 Å². The van der Waals surface area contributed by atoms with Gasteiger partial charge >= 0.3 is 5.97 Å². The van der Waals surface area contributed by atoms with Gasteiger partial charge in [-0.15, -0.1) is 11.3 Å². The number of hydrogen-bond acceptors (Lipinski definition) is 4. The lowest BCUT2D eigenvalue weighted by atomic mass is 10.2. The third kappa shape index (κ3) is 2.38. The van der Waals surface area contributed by atoms with Gasteiger partial charge in [0.15, 0.2) is 0 Å². The Morgan fingerprint density at radius 3 is 2.57 bits per heavy atom. The van der Waals surface area contributed by atoms with Crippen LogP contribution < -0.4 is 10.2 Å². The standard InChI is InChI=1S/C14H10N2O4S/c17-12-7-16(9-4-2-1-3-8(9)15-12)13(18)10-5-6-11(21-10)14(19)20/h1-6H,7H2,(H,15,17)(H,19,20). The number of carboxylic acid groups (broad SMARTS) is 1. The van der Waals surface area contributed by atoms with Crippen LogP contribution in [0.1, 0.15) is 19.3 Å². The monoisotopic (exact) mass is 302 g/mol. The molecule has 2 amide bonds. The highest BCUT2D eigenvalue weighted by atomic mass is 32.1. The van der Waals surface area contributed by atoms with E-state index in [9.17, 15) is 14.4 Å². The number of fused-ring (bicyclic) bond motifs is 1. The fourth-order valence-electron chi connectivity index (χ4n) is 2.12. The van der Waals surface area contributed by atoms with Crippen molar-refractivity contribution < 1.29 is 19.5 Å². The molecule has 2 N–H and O–H groups in total. The third-order valence-corrected chi connectivity index (χ3v) is 4.10. The SMILES string of the molecule is O=C1CN(C(=O)c2ccc(C(=O)O)s2)c2ccccc2N1. The van der Waals surface area contributed by atoms with Crippen molar-refractivity contribution in [1.82, 2.24) is 0 Å². The normalized spacial score (nSPS) is 13.5. The van der Waals surface area contributed by atoms with Crippen molar-refractivity contribution in [3.05, 3.63) is 46.2 Å². The molecule has 1 aromatic carbocycles. The van der Waals surface area contributed by atoms with Gasteiger partial charge < -0.3 is 10.4 Å². The number of carbonyl (C=O) groups excluding carboxylic acids is 2. The Kier molecular flexibility index (Phi) is 3.19. The van der Waals surface area contributed by atoms with Crippen LogP contribution in [0, 0.1) is 0 Å². The molecule has 0 saturated carbocycles. The van der Waals surface area contributed by atoms with Crippen molar-refractivity contribution in [1.29, 1.82) is 0 Å². The molecule has 2 heterocycles. The van der Waals surface area contributed by atoms with Crippen molar-refractivity contribution in [2.24, 2.45) is 0 Å². The van der Waals surface area contributed by atoms with Crippen molar-refractivity contribution in [2.75, 3.05) is 16.8 Å². The molecule has 0 unspecified atom stereocenters. The molecule has 21 heavy (non-hydrogen) atoms. The molecule has 0 spiro atoms. The van der Waals surface area contributed by atoms with Gasteiger partial charge in [-0.2, -0.15) is 0 Å². The number of anilines is 2. The molecule has 0 saturated heterocycles. The minimum atomic E-state index is -1.07. The number of carboxylic acids is 1. The number of carbonyl (C=O) groups is 3. The van der Waals surface area contributed by atoms with Gasteiger partial charge in [-0.1, -0.05) is 12.1 Å². The van der Waals surface area contributed by atoms with E-state index in [0.29, 0.717) is 11.4 Å². The number of aromatic carboxylic acids is 1. The summed E-state index contributed by atoms with van der Waals surface area (Å²) in [4.78, 5) is 36.8. The molecule has 106 valence electrons. The van der Waals surface area contributed by atoms with Gasteiger partial charge in [-0.25, -0.2) is 4.79 Å². The van der Waals surface area contributed by atoms with E-state index < -0.39 is 5.97 Å². The zero-order valence-corrected chi connectivity index (χ0v) is 11.5. The Morgan fingerprint density at radius 2 is 1.86 bits per heavy atom. The molecule has 3 rings (SSSR count). The molecular weight excluding hydrogens is 292 g/mol. The molecule has 0 atom stereocenters. The van der Waals surface area contributed by atoms with E-state index in [1.807, 2.05) is 0 Å². The number of rotatable bonds is 2. The lowest BCUT2D eigenvalue weighted by Crippen LogP contribution is -2.41. The summed E-state index contributed by atoms with van der Waals surface area (Å²) in [6, 6.07) is 9.83. The summed E-state index contributed by atoms with van der Waals surface area (Å²) in [5.41, 5.74) is 1.17. The maximum absolute atomic E-state index is 12.5. The van der Waals surface area contributed by atoms with Gasteiger partial charge in [0.1, 0.15) is 11.4 Å². The largest absolute Gasteiger partial charge is 0.477 e. The number of benzene rings is 1. The average molecular weight is 302 g/mol. The van der Waals surface area contributed by atoms with Gasteiger partial charge in [0, 0.05) is 0 Å². The fourth-order valence-corrected chi connectivity index (χ4v) is 2.91. The van der Waals surface area contributed by atoms with E-state index in [0.717, 1.165) is 11.3 Å². The summed E-state index contributed by atoms with van der Waals surface area (Å²) in [5, 5.41) is 11.6. The van der Waals surface area contributed by atoms with Crippen LogP contribution in [0.4, 0.5) is 11.4 Å². The first-order valence-electron chi connectivity index (χ1n) is 6.10. The average Bonchev–Trinajstić information content (AvgIpc) is 2.95. The minimum absolute atomic E-state index is 0.0872. The molecule has 1 aliphatic heterocycles. The predicted octanol–water partition coefficient (Wildman–Crippen LogP) is 2.05. The van der Waals surface area contributed by atoms with Gasteiger partial charge in [0.25, 0.3) is 5.91 Å². The van der Waals surface area contributed by atoms with E-state index in [1.54, 1.807) is 24.3 Å². The molecule has 0 fully saturated rings. The quantitative estimate of drug-likeness (QED) is 0.889. The van der Waals surface area contributed by atoms with Crippen molar-refractivity contribution in [3.8, 4) is 0 Å². The number of nitrogens with zero attached hydrogens (tertiary/aromatic N) is 1. The second-order valence-electron chi connectivity index (χ2n) is 4.43. The van der Waals surface area contributed by atoms with Gasteiger partial charge in [-0.3, -0.25) is 14.5 Å². The Balaban J connectivity index is 1.97. The lowest BCUT2D eigenvalue weighted by molar-refractivity contribution is -0.115. The zero-order valence-electron chi connectivity index (χ0n) is 10.7. The Bertz CT molecular complexity index is 753. The van der Waals surface area contributed by atoms with Crippen LogP contribution in [0.25, 0.3) is 0 Å². The molecule has 0 bridgehead atoms. The van der Waals surface area contributed by atoms with E-state index in [1.165, 1.54) is 17.0 Å². The molecule has 0 radical (unpaired) electrons. The highest BCUT2D eigenvalue weighted by Gasteiger charge is 2.28. The second kappa shape index (κ2) is 5.02. The van der Waals surface area contributed by atoms with Crippen LogP contribution in [-0.2, 0) is 4.79 Å². The molecule has 1 aromatic heterocycles. The molecule has 6 nitrogen and oxygen atoms in total. The molecule has 7 heteroatoms. The van der Waals surface area contributed by atoms with Crippen LogP contribution in [0.2, 0.25) is 0 Å². The summed E-state index contributed by atoms with van der Waals surface area (Å²) < 4.78 is 0. The second-order valence-corrected chi connectivity index (χ2v) is 5.51. The third-order valence-electron chi connectivity index (χ3n) is 3.04. The van der Waals surface area contributed by atoms with Crippen molar-refractivity contribution >= 4 is 40.5 Å². The lowest BCUT2D eigenvalue weighted by Gasteiger charge is -2.28. The van der Waals surface area contributed by atoms with Crippen LogP contribution in [-0.4, -0.2) is 29.4 Å². The summed E-state index contributed by atoms with van der Waals surface area (Å²) in [6.45, 7) is -0.0872. The van der Waals surface area contributed by atoms with E-state index in [2.05, 4.69) is 5.32 Å². The maximum atomic E-state index is 12.5. The van der Waals surface area contributed by atoms with E-state index in [-0.39, 0.29) is 28.1 Å². The molecule has 0 aliphatic carbocycles. The highest BCUT2D eigenvalue weighted by molar-refractivity contribution is 7.16. The number of amides is 2. The van der Waals surface area contributed by atoms with Gasteiger partial charge in [0.2, 0.25) is 5.91 Å². The van der Waals surface area contributed by atoms with Crippen LogP contribution in [0.15, 0.2) is 36.4 Å². The Morgan fingerprint density at radius 1 is 1.14 bits per heavy atom. The van der Waals surface area contributed by atoms with E-state index in [4.69, 9.17) is 5.11 Å². The summed E-state index contributed by atoms with van der Waals surface area (Å²) >= 11 is 0.896. The smallest absolute Gasteiger partial charge is 0.345 e. The maximum Gasteiger partial charge on any atom is 0.345 e. The number of hydrogen-bond donors (Lipinski definition) is 2. The minimum Gasteiger partial charge on any atom is -0.477 e. The summed E-state index contributed by atoms with van der Waals surface area (Å²) in [5.74, 6) is -1.73. The fraction of sp³-hybridized carbons (Fsp3) is 0.0714. The first-order valence-corrected chi connectivity index (χ1v) is 6.92. The Labute approximate surface area is 123 Å². The molecule has 2 aromatic rings. The number of thiophene rings is 1. The number of nitrogens with one attached hydrogen (secondary N) is 1. The van der Waals surface area contributed by atoms with Crippen molar-refractivity contribution in [3.63, 3.8) is 0 Å². The van der Waals surface area contributed by atoms with Crippen molar-refractivity contribution in [2.45, 2.75) is 0 Å². The highest BCUT2D eigenvalue weighted by Crippen LogP contribution is 2.31. The topological polar surface area (TPSA) is 86.7 Å².